The van der Waals surface area contributed by atoms with Crippen molar-refractivity contribution in [1.82, 2.24) is 9.97 Å². The van der Waals surface area contributed by atoms with Crippen molar-refractivity contribution < 1.29 is 9.15 Å². The molecule has 5 heteroatoms. The molecule has 0 fully saturated rings. The van der Waals surface area contributed by atoms with E-state index in [0.717, 1.165) is 23.9 Å². The molecule has 2 heterocycles. The number of rotatable bonds is 5. The number of hydrogen-bond donors (Lipinski definition) is 0. The molecule has 0 unspecified atom stereocenters. The number of para-hydroxylation sites is 1. The van der Waals surface area contributed by atoms with Gasteiger partial charge in [0.05, 0.1) is 5.69 Å². The maximum Gasteiger partial charge on any atom is 0.364 e. The van der Waals surface area contributed by atoms with Crippen molar-refractivity contribution in [3.8, 4) is 0 Å². The molecule has 1 aromatic carbocycles. The summed E-state index contributed by atoms with van der Waals surface area (Å²) in [4.78, 5) is 20.8. The summed E-state index contributed by atoms with van der Waals surface area (Å²) >= 11 is 0. The summed E-state index contributed by atoms with van der Waals surface area (Å²) < 4.78 is 10.6. The van der Waals surface area contributed by atoms with Gasteiger partial charge in [0.25, 0.3) is 0 Å². The summed E-state index contributed by atoms with van der Waals surface area (Å²) in [5.41, 5.74) is 1.76. The van der Waals surface area contributed by atoms with Crippen molar-refractivity contribution in [2.45, 2.75) is 33.6 Å². The Labute approximate surface area is 135 Å². The van der Waals surface area contributed by atoms with E-state index in [1.807, 2.05) is 39.0 Å². The van der Waals surface area contributed by atoms with Gasteiger partial charge < -0.3 is 9.15 Å². The fourth-order valence-electron chi connectivity index (χ4n) is 2.28. The second-order valence-electron chi connectivity index (χ2n) is 4.74. The Bertz CT molecular complexity index is 827. The van der Waals surface area contributed by atoms with Crippen LogP contribution in [0.4, 0.5) is 0 Å². The summed E-state index contributed by atoms with van der Waals surface area (Å²) in [6.07, 6.45) is 3.31. The Kier molecular flexibility index (Phi) is 6.23. The largest absolute Gasteiger partial charge is 0.421 e. The number of aryl methyl sites for hydroxylation is 1. The van der Waals surface area contributed by atoms with Crippen LogP contribution in [0.3, 0.4) is 0 Å². The Balaban J connectivity index is 0.000000924. The van der Waals surface area contributed by atoms with Crippen LogP contribution < -0.4 is 5.63 Å². The molecule has 0 saturated carbocycles. The first-order chi connectivity index (χ1) is 11.3. The minimum absolute atomic E-state index is 0.294. The van der Waals surface area contributed by atoms with Crippen molar-refractivity contribution in [3.05, 3.63) is 46.6 Å². The van der Waals surface area contributed by atoms with Crippen molar-refractivity contribution in [2.24, 2.45) is 0 Å². The molecule has 0 N–H and O–H groups in total. The molecule has 0 atom stereocenters. The normalized spacial score (nSPS) is 10.6. The molecule has 23 heavy (non-hydrogen) atoms. The second-order valence-corrected chi connectivity index (χ2v) is 4.74. The van der Waals surface area contributed by atoms with Crippen molar-refractivity contribution in [3.63, 3.8) is 0 Å². The number of nitrogens with zero attached hydrogens (tertiary/aromatic N) is 2. The van der Waals surface area contributed by atoms with Crippen LogP contribution in [0.2, 0.25) is 0 Å². The van der Waals surface area contributed by atoms with Crippen LogP contribution in [0.5, 0.6) is 0 Å². The van der Waals surface area contributed by atoms with E-state index in [2.05, 4.69) is 9.97 Å². The van der Waals surface area contributed by atoms with Gasteiger partial charge in [-0.25, -0.2) is 9.78 Å². The molecule has 0 saturated heterocycles. The van der Waals surface area contributed by atoms with Crippen LogP contribution in [0.15, 0.2) is 39.7 Å². The third-order valence-electron chi connectivity index (χ3n) is 3.29. The summed E-state index contributed by atoms with van der Waals surface area (Å²) in [6.45, 7) is 7.35. The van der Waals surface area contributed by atoms with E-state index in [1.54, 1.807) is 12.3 Å². The van der Waals surface area contributed by atoms with Crippen LogP contribution in [0.25, 0.3) is 22.0 Å². The van der Waals surface area contributed by atoms with E-state index >= 15 is 0 Å². The molecule has 0 bridgehead atoms. The lowest BCUT2D eigenvalue weighted by Crippen LogP contribution is -2.06. The topological polar surface area (TPSA) is 65.2 Å². The van der Waals surface area contributed by atoms with Gasteiger partial charge in [0.1, 0.15) is 11.1 Å². The van der Waals surface area contributed by atoms with Gasteiger partial charge in [0, 0.05) is 24.8 Å². The van der Waals surface area contributed by atoms with E-state index in [-0.39, 0.29) is 0 Å². The van der Waals surface area contributed by atoms with Crippen LogP contribution in [0.1, 0.15) is 32.9 Å². The summed E-state index contributed by atoms with van der Waals surface area (Å²) in [6, 6.07) is 7.35. The molecular formula is C18H22N2O3. The van der Waals surface area contributed by atoms with E-state index in [0.29, 0.717) is 29.8 Å². The lowest BCUT2D eigenvalue weighted by atomic mass is 10.2. The summed E-state index contributed by atoms with van der Waals surface area (Å²) in [5, 5.41) is 0.806. The quantitative estimate of drug-likeness (QED) is 0.408. The van der Waals surface area contributed by atoms with Crippen LogP contribution in [-0.4, -0.2) is 23.2 Å². The molecule has 3 aromatic rings. The fourth-order valence-corrected chi connectivity index (χ4v) is 2.28. The first-order valence-corrected chi connectivity index (χ1v) is 8.05. The zero-order chi connectivity index (χ0) is 16.7. The van der Waals surface area contributed by atoms with Crippen molar-refractivity contribution in [2.75, 3.05) is 13.2 Å². The number of hydrogen-bond acceptors (Lipinski definition) is 5. The molecular weight excluding hydrogens is 292 g/mol. The van der Waals surface area contributed by atoms with Gasteiger partial charge in [-0.15, -0.1) is 0 Å². The molecule has 0 amide bonds. The number of fused-ring (bicyclic) bond motifs is 3. The molecule has 5 nitrogen and oxygen atoms in total. The minimum Gasteiger partial charge on any atom is -0.421 e. The Morgan fingerprint density at radius 1 is 1.17 bits per heavy atom. The van der Waals surface area contributed by atoms with Gasteiger partial charge >= 0.3 is 5.63 Å². The maximum atomic E-state index is 12.0. The summed E-state index contributed by atoms with van der Waals surface area (Å²) in [5.74, 6) is 0. The SMILES string of the molecule is CC.CCOCCCc1cnc2c(n1)c(=O)oc1ccccc12. The number of benzene rings is 1. The smallest absolute Gasteiger partial charge is 0.364 e. The molecule has 0 spiro atoms. The first-order valence-electron chi connectivity index (χ1n) is 8.05. The van der Waals surface area contributed by atoms with Crippen LogP contribution in [-0.2, 0) is 11.2 Å². The molecule has 3 rings (SSSR count). The predicted octanol–water partition coefficient (Wildman–Crippen LogP) is 3.73. The van der Waals surface area contributed by atoms with E-state index in [1.165, 1.54) is 0 Å². The Morgan fingerprint density at radius 3 is 2.74 bits per heavy atom. The lowest BCUT2D eigenvalue weighted by Gasteiger charge is -2.04. The molecule has 0 aliphatic rings. The van der Waals surface area contributed by atoms with Crippen molar-refractivity contribution >= 4 is 22.0 Å². The van der Waals surface area contributed by atoms with Gasteiger partial charge in [-0.3, -0.25) is 4.98 Å². The maximum absolute atomic E-state index is 12.0. The van der Waals surface area contributed by atoms with Gasteiger partial charge in [-0.2, -0.15) is 0 Å². The van der Waals surface area contributed by atoms with Crippen LogP contribution >= 0.6 is 0 Å². The average Bonchev–Trinajstić information content (AvgIpc) is 2.61. The minimum atomic E-state index is -0.442. The summed E-state index contributed by atoms with van der Waals surface area (Å²) in [7, 11) is 0. The van der Waals surface area contributed by atoms with Crippen molar-refractivity contribution in [1.29, 1.82) is 0 Å². The highest BCUT2D eigenvalue weighted by Crippen LogP contribution is 2.19. The average molecular weight is 314 g/mol. The molecule has 0 aliphatic carbocycles. The van der Waals surface area contributed by atoms with E-state index < -0.39 is 5.63 Å². The second kappa shape index (κ2) is 8.39. The van der Waals surface area contributed by atoms with Gasteiger partial charge in [-0.1, -0.05) is 26.0 Å². The van der Waals surface area contributed by atoms with E-state index in [9.17, 15) is 4.79 Å². The van der Waals surface area contributed by atoms with Gasteiger partial charge in [0.2, 0.25) is 0 Å². The molecule has 0 aliphatic heterocycles. The zero-order valence-electron chi connectivity index (χ0n) is 13.8. The van der Waals surface area contributed by atoms with Gasteiger partial charge in [-0.05, 0) is 31.9 Å². The highest BCUT2D eigenvalue weighted by Gasteiger charge is 2.10. The highest BCUT2D eigenvalue weighted by molar-refractivity contribution is 5.99. The third kappa shape index (κ3) is 3.93. The lowest BCUT2D eigenvalue weighted by molar-refractivity contribution is 0.145. The Morgan fingerprint density at radius 2 is 1.96 bits per heavy atom. The third-order valence-corrected chi connectivity index (χ3v) is 3.29. The number of ether oxygens (including phenoxy) is 1. The van der Waals surface area contributed by atoms with Gasteiger partial charge in [0.15, 0.2) is 5.52 Å². The van der Waals surface area contributed by atoms with E-state index in [4.69, 9.17) is 9.15 Å². The molecule has 0 radical (unpaired) electrons. The molecule has 122 valence electrons. The first kappa shape index (κ1) is 17.1. The molecule has 2 aromatic heterocycles. The fraction of sp³-hybridized carbons (Fsp3) is 0.389. The number of aromatic nitrogens is 2. The zero-order valence-corrected chi connectivity index (χ0v) is 13.8. The monoisotopic (exact) mass is 314 g/mol. The standard InChI is InChI=1S/C16H16N2O3.C2H6/c1-2-20-9-5-6-11-10-17-14-12-7-3-4-8-13(12)21-16(19)15(14)18-11;1-2/h3-4,7-8,10H,2,5-6,9H2,1H3;1-2H3. The van der Waals surface area contributed by atoms with Crippen LogP contribution in [0, 0.1) is 0 Å². The Hall–Kier alpha value is -2.27. The highest BCUT2D eigenvalue weighted by atomic mass is 16.5. The predicted molar refractivity (Wildman–Crippen MR) is 91.7 cm³/mol.